The lowest BCUT2D eigenvalue weighted by Crippen LogP contribution is -2.64. The molecule has 6 heteroatoms. The lowest BCUT2D eigenvalue weighted by atomic mass is 9.25. The zero-order valence-electron chi connectivity index (χ0n) is 14.8. The summed E-state index contributed by atoms with van der Waals surface area (Å²) >= 11 is 0. The van der Waals surface area contributed by atoms with Crippen LogP contribution in [-0.2, 0) is 0 Å². The van der Waals surface area contributed by atoms with Gasteiger partial charge in [-0.05, 0) is 29.3 Å². The van der Waals surface area contributed by atoms with E-state index in [2.05, 4.69) is 90.6 Å². The number of anilines is 2. The van der Waals surface area contributed by atoms with Crippen molar-refractivity contribution in [1.82, 2.24) is 10.2 Å². The van der Waals surface area contributed by atoms with Gasteiger partial charge >= 0.3 is 0 Å². The van der Waals surface area contributed by atoms with Gasteiger partial charge in [0.25, 0.3) is 13.7 Å². The van der Waals surface area contributed by atoms with E-state index in [1.54, 1.807) is 0 Å². The van der Waals surface area contributed by atoms with Gasteiger partial charge in [0.05, 0.1) is 12.9 Å². The number of nitrogens with zero attached hydrogens (tertiary/aromatic N) is 3. The molecule has 0 saturated carbocycles. The number of hydrogen-bond acceptors (Lipinski definition) is 3. The van der Waals surface area contributed by atoms with Gasteiger partial charge in [0.15, 0.2) is 0 Å². The van der Waals surface area contributed by atoms with E-state index in [4.69, 9.17) is 0 Å². The largest absolute Gasteiger partial charge is 0.400 e. The maximum Gasteiger partial charge on any atom is 0.253 e. The normalized spacial score (nSPS) is 19.4. The highest BCUT2D eigenvalue weighted by molar-refractivity contribution is 6.84. The molecule has 0 radical (unpaired) electrons. The van der Waals surface area contributed by atoms with Gasteiger partial charge in [-0.3, -0.25) is 5.10 Å². The van der Waals surface area contributed by atoms with Crippen LogP contribution in [0.15, 0.2) is 42.6 Å². The molecule has 1 unspecified atom stereocenters. The van der Waals surface area contributed by atoms with Crippen molar-refractivity contribution in [2.24, 2.45) is 5.41 Å². The molecule has 0 aliphatic carbocycles. The number of nitrogens with one attached hydrogen (secondary N) is 1. The minimum atomic E-state index is 0.227. The van der Waals surface area contributed by atoms with Crippen LogP contribution in [0.5, 0.6) is 0 Å². The number of benzene rings is 1. The highest BCUT2D eigenvalue weighted by atomic mass is 15.3. The Balaban J connectivity index is 2.01. The molecule has 1 aromatic carbocycles. The SMILES string of the molecule is CB1C(C(C)(C)C)B(C)N(c2ccn[nH]2)CN1c1ccccc1. The zero-order chi connectivity index (χ0) is 16.6. The van der Waals surface area contributed by atoms with Crippen molar-refractivity contribution in [3.8, 4) is 0 Å². The molecule has 120 valence electrons. The Labute approximate surface area is 140 Å². The fourth-order valence-electron chi connectivity index (χ4n) is 4.30. The minimum Gasteiger partial charge on any atom is -0.400 e. The summed E-state index contributed by atoms with van der Waals surface area (Å²) in [6.45, 7) is 13.6. The summed E-state index contributed by atoms with van der Waals surface area (Å²) in [4.78, 5) is 4.95. The molecule has 1 saturated heterocycles. The molecule has 3 rings (SSSR count). The predicted octanol–water partition coefficient (Wildman–Crippen LogP) is 3.89. The van der Waals surface area contributed by atoms with E-state index in [0.29, 0.717) is 19.4 Å². The Morgan fingerprint density at radius 2 is 1.70 bits per heavy atom. The molecule has 0 bridgehead atoms. The topological polar surface area (TPSA) is 35.2 Å². The van der Waals surface area contributed by atoms with Crippen LogP contribution in [0.3, 0.4) is 0 Å². The molecule has 4 nitrogen and oxygen atoms in total. The minimum absolute atomic E-state index is 0.227. The third kappa shape index (κ3) is 2.99. The molecular weight excluding hydrogens is 282 g/mol. The molecule has 2 aromatic rings. The van der Waals surface area contributed by atoms with E-state index >= 15 is 0 Å². The molecule has 1 aliphatic rings. The van der Waals surface area contributed by atoms with Crippen LogP contribution in [0.4, 0.5) is 11.5 Å². The standard InChI is InChI=1S/C17H26B2N4/c1-17(2,3)16-18(4)22(14-9-7-6-8-10-14)13-23(19(16)5)15-11-12-20-21-15/h6-12,16H,13H2,1-5H3,(H,20,21). The molecule has 1 atom stereocenters. The summed E-state index contributed by atoms with van der Waals surface area (Å²) in [7, 11) is 0. The number of rotatable bonds is 2. The van der Waals surface area contributed by atoms with Crippen LogP contribution in [-0.4, -0.2) is 30.6 Å². The van der Waals surface area contributed by atoms with Gasteiger partial charge in [-0.2, -0.15) is 5.10 Å². The van der Waals surface area contributed by atoms with Crippen LogP contribution in [0.25, 0.3) is 0 Å². The van der Waals surface area contributed by atoms with Crippen molar-refractivity contribution in [2.75, 3.05) is 16.3 Å². The second kappa shape index (κ2) is 5.99. The smallest absolute Gasteiger partial charge is 0.253 e. The van der Waals surface area contributed by atoms with Crippen LogP contribution in [0, 0.1) is 5.41 Å². The highest BCUT2D eigenvalue weighted by Gasteiger charge is 2.48. The van der Waals surface area contributed by atoms with E-state index in [1.165, 1.54) is 5.69 Å². The van der Waals surface area contributed by atoms with E-state index in [0.717, 1.165) is 12.5 Å². The van der Waals surface area contributed by atoms with Crippen molar-refractivity contribution >= 4 is 25.2 Å². The van der Waals surface area contributed by atoms with E-state index in [9.17, 15) is 0 Å². The quantitative estimate of drug-likeness (QED) is 0.855. The first kappa shape index (κ1) is 16.0. The van der Waals surface area contributed by atoms with Gasteiger partial charge in [0.1, 0.15) is 5.82 Å². The lowest BCUT2D eigenvalue weighted by molar-refractivity contribution is 0.427. The summed E-state index contributed by atoms with van der Waals surface area (Å²) < 4.78 is 0. The lowest BCUT2D eigenvalue weighted by Gasteiger charge is -2.52. The first-order valence-corrected chi connectivity index (χ1v) is 8.47. The Hall–Kier alpha value is -1.84. The van der Waals surface area contributed by atoms with E-state index in [1.807, 2.05) is 6.20 Å². The first-order chi connectivity index (χ1) is 10.9. The van der Waals surface area contributed by atoms with Crippen LogP contribution in [0.1, 0.15) is 20.8 Å². The number of hydrogen-bond donors (Lipinski definition) is 1. The van der Waals surface area contributed by atoms with Crippen molar-refractivity contribution in [1.29, 1.82) is 0 Å². The maximum atomic E-state index is 4.15. The summed E-state index contributed by atoms with van der Waals surface area (Å²) in [5.41, 5.74) is 2.05. The van der Waals surface area contributed by atoms with Crippen molar-refractivity contribution in [2.45, 2.75) is 40.1 Å². The molecule has 1 N–H and O–H groups in total. The van der Waals surface area contributed by atoms with Gasteiger partial charge in [-0.25, -0.2) is 0 Å². The Kier molecular flexibility index (Phi) is 4.17. The van der Waals surface area contributed by atoms with E-state index in [-0.39, 0.29) is 5.41 Å². The molecule has 23 heavy (non-hydrogen) atoms. The molecule has 0 spiro atoms. The number of aromatic nitrogens is 2. The monoisotopic (exact) mass is 308 g/mol. The average Bonchev–Trinajstić information content (AvgIpc) is 3.01. The highest BCUT2D eigenvalue weighted by Crippen LogP contribution is 2.42. The number of H-pyrrole nitrogens is 1. The third-order valence-corrected chi connectivity index (χ3v) is 5.21. The van der Waals surface area contributed by atoms with Crippen LogP contribution < -0.4 is 9.62 Å². The van der Waals surface area contributed by atoms with Crippen LogP contribution >= 0.6 is 0 Å². The molecular formula is C17H26B2N4. The Morgan fingerprint density at radius 1 is 1.04 bits per heavy atom. The van der Waals surface area contributed by atoms with E-state index < -0.39 is 0 Å². The fraction of sp³-hybridized carbons (Fsp3) is 0.471. The van der Waals surface area contributed by atoms with Crippen molar-refractivity contribution < 1.29 is 0 Å². The maximum absolute atomic E-state index is 4.15. The van der Waals surface area contributed by atoms with Crippen LogP contribution in [0.2, 0.25) is 19.4 Å². The molecule has 1 aromatic heterocycles. The second-order valence-corrected chi connectivity index (χ2v) is 7.73. The fourth-order valence-corrected chi connectivity index (χ4v) is 4.30. The molecule has 2 heterocycles. The van der Waals surface area contributed by atoms with Gasteiger partial charge in [-0.15, -0.1) is 0 Å². The Morgan fingerprint density at radius 3 is 2.26 bits per heavy atom. The third-order valence-electron chi connectivity index (χ3n) is 5.21. The summed E-state index contributed by atoms with van der Waals surface area (Å²) in [6.07, 6.45) is 1.83. The number of aromatic amines is 1. The second-order valence-electron chi connectivity index (χ2n) is 7.73. The zero-order valence-corrected chi connectivity index (χ0v) is 14.8. The average molecular weight is 308 g/mol. The molecule has 1 aliphatic heterocycles. The summed E-state index contributed by atoms with van der Waals surface area (Å²) in [6, 6.07) is 12.8. The van der Waals surface area contributed by atoms with Gasteiger partial charge in [0, 0.05) is 5.69 Å². The first-order valence-electron chi connectivity index (χ1n) is 8.47. The van der Waals surface area contributed by atoms with Crippen molar-refractivity contribution in [3.05, 3.63) is 42.6 Å². The summed E-state index contributed by atoms with van der Waals surface area (Å²) in [5.74, 6) is 1.10. The van der Waals surface area contributed by atoms with Gasteiger partial charge in [-0.1, -0.05) is 52.6 Å². The predicted molar refractivity (Wildman–Crippen MR) is 101 cm³/mol. The van der Waals surface area contributed by atoms with Crippen molar-refractivity contribution in [3.63, 3.8) is 0 Å². The summed E-state index contributed by atoms with van der Waals surface area (Å²) in [5, 5.41) is 7.30. The Bertz CT molecular complexity index is 624. The number of para-hydroxylation sites is 1. The van der Waals surface area contributed by atoms with Gasteiger partial charge < -0.3 is 9.62 Å². The molecule has 0 amide bonds. The van der Waals surface area contributed by atoms with Gasteiger partial charge in [0.2, 0.25) is 0 Å². The molecule has 1 fully saturated rings.